The molecule has 0 saturated heterocycles. The number of rotatable bonds is 6. The minimum Gasteiger partial charge on any atom is -0.490 e. The van der Waals surface area contributed by atoms with E-state index >= 15 is 0 Å². The Balaban J connectivity index is 1.86. The summed E-state index contributed by atoms with van der Waals surface area (Å²) >= 11 is 0. The van der Waals surface area contributed by atoms with Crippen molar-refractivity contribution >= 4 is 12.6 Å². The van der Waals surface area contributed by atoms with Gasteiger partial charge in [0.25, 0.3) is 0 Å². The maximum absolute atomic E-state index is 9.10. The molecular formula is C16H19BO4. The van der Waals surface area contributed by atoms with Crippen molar-refractivity contribution in [3.05, 3.63) is 53.6 Å². The maximum Gasteiger partial charge on any atom is 0.488 e. The van der Waals surface area contributed by atoms with Crippen LogP contribution in [0.25, 0.3) is 0 Å². The molecule has 0 radical (unpaired) electrons. The van der Waals surface area contributed by atoms with E-state index in [1.807, 2.05) is 32.0 Å². The molecule has 2 aromatic rings. The highest BCUT2D eigenvalue weighted by Crippen LogP contribution is 2.22. The third-order valence-electron chi connectivity index (χ3n) is 3.16. The van der Waals surface area contributed by atoms with Crippen LogP contribution in [-0.2, 0) is 0 Å². The Kier molecular flexibility index (Phi) is 5.25. The Labute approximate surface area is 125 Å². The third kappa shape index (κ3) is 4.24. The molecule has 0 aliphatic heterocycles. The van der Waals surface area contributed by atoms with E-state index in [4.69, 9.17) is 19.5 Å². The molecule has 21 heavy (non-hydrogen) atoms. The SMILES string of the molecule is Cc1cccc(C)c1OCCOc1cccc(B(O)O)c1. The van der Waals surface area contributed by atoms with E-state index in [1.165, 1.54) is 0 Å². The van der Waals surface area contributed by atoms with Crippen molar-refractivity contribution in [2.45, 2.75) is 13.8 Å². The second-order valence-corrected chi connectivity index (χ2v) is 4.86. The number of ether oxygens (including phenoxy) is 2. The summed E-state index contributed by atoms with van der Waals surface area (Å²) < 4.78 is 11.3. The quantitative estimate of drug-likeness (QED) is 0.623. The first-order valence-corrected chi connectivity index (χ1v) is 6.86. The van der Waals surface area contributed by atoms with Gasteiger partial charge in [0.05, 0.1) is 0 Å². The van der Waals surface area contributed by atoms with Crippen LogP contribution in [0, 0.1) is 13.8 Å². The Morgan fingerprint density at radius 3 is 2.19 bits per heavy atom. The number of hydrogen-bond donors (Lipinski definition) is 2. The average molecular weight is 286 g/mol. The molecule has 0 saturated carbocycles. The number of para-hydroxylation sites is 1. The van der Waals surface area contributed by atoms with E-state index in [0.717, 1.165) is 16.9 Å². The average Bonchev–Trinajstić information content (AvgIpc) is 2.46. The van der Waals surface area contributed by atoms with Crippen LogP contribution in [0.1, 0.15) is 11.1 Å². The zero-order valence-electron chi connectivity index (χ0n) is 12.2. The molecule has 0 bridgehead atoms. The topological polar surface area (TPSA) is 58.9 Å². The van der Waals surface area contributed by atoms with Gasteiger partial charge in [0.2, 0.25) is 0 Å². The molecule has 0 heterocycles. The molecule has 2 aromatic carbocycles. The molecule has 0 spiro atoms. The second-order valence-electron chi connectivity index (χ2n) is 4.86. The molecule has 0 amide bonds. The van der Waals surface area contributed by atoms with Crippen molar-refractivity contribution in [3.8, 4) is 11.5 Å². The Morgan fingerprint density at radius 1 is 0.905 bits per heavy atom. The summed E-state index contributed by atoms with van der Waals surface area (Å²) in [6.45, 7) is 4.83. The monoisotopic (exact) mass is 286 g/mol. The fourth-order valence-electron chi connectivity index (χ4n) is 2.10. The van der Waals surface area contributed by atoms with Gasteiger partial charge in [0.15, 0.2) is 0 Å². The summed E-state index contributed by atoms with van der Waals surface area (Å²) in [4.78, 5) is 0. The summed E-state index contributed by atoms with van der Waals surface area (Å²) in [6.07, 6.45) is 0. The van der Waals surface area contributed by atoms with Gasteiger partial charge in [-0.15, -0.1) is 0 Å². The predicted octanol–water partition coefficient (Wildman–Crippen LogP) is 1.44. The van der Waals surface area contributed by atoms with Gasteiger partial charge in [-0.25, -0.2) is 0 Å². The van der Waals surface area contributed by atoms with Gasteiger partial charge in [-0.05, 0) is 42.6 Å². The first-order valence-electron chi connectivity index (χ1n) is 6.86. The molecule has 2 N–H and O–H groups in total. The third-order valence-corrected chi connectivity index (χ3v) is 3.16. The van der Waals surface area contributed by atoms with Gasteiger partial charge in [-0.1, -0.05) is 30.3 Å². The van der Waals surface area contributed by atoms with Crippen LogP contribution in [0.4, 0.5) is 0 Å². The first-order chi connectivity index (χ1) is 10.1. The fraction of sp³-hybridized carbons (Fsp3) is 0.250. The smallest absolute Gasteiger partial charge is 0.488 e. The maximum atomic E-state index is 9.10. The summed E-state index contributed by atoms with van der Waals surface area (Å²) in [5, 5.41) is 18.2. The van der Waals surface area contributed by atoms with Crippen LogP contribution >= 0.6 is 0 Å². The predicted molar refractivity (Wildman–Crippen MR) is 83.2 cm³/mol. The minimum atomic E-state index is -1.49. The van der Waals surface area contributed by atoms with E-state index in [9.17, 15) is 0 Å². The lowest BCUT2D eigenvalue weighted by molar-refractivity contribution is 0.215. The summed E-state index contributed by atoms with van der Waals surface area (Å²) in [5.41, 5.74) is 2.60. The lowest BCUT2D eigenvalue weighted by Gasteiger charge is -2.13. The van der Waals surface area contributed by atoms with Crippen LogP contribution < -0.4 is 14.9 Å². The summed E-state index contributed by atoms with van der Waals surface area (Å²) in [5.74, 6) is 1.48. The van der Waals surface area contributed by atoms with Crippen LogP contribution in [-0.4, -0.2) is 30.4 Å². The van der Waals surface area contributed by atoms with Crippen molar-refractivity contribution in [3.63, 3.8) is 0 Å². The zero-order valence-corrected chi connectivity index (χ0v) is 12.2. The molecule has 0 aliphatic rings. The van der Waals surface area contributed by atoms with E-state index in [1.54, 1.807) is 24.3 Å². The second kappa shape index (κ2) is 7.15. The summed E-state index contributed by atoms with van der Waals surface area (Å²) in [6, 6.07) is 12.7. The molecule has 0 aromatic heterocycles. The van der Waals surface area contributed by atoms with Crippen LogP contribution in [0.5, 0.6) is 11.5 Å². The largest absolute Gasteiger partial charge is 0.490 e. The van der Waals surface area contributed by atoms with Crippen molar-refractivity contribution in [1.82, 2.24) is 0 Å². The van der Waals surface area contributed by atoms with Crippen molar-refractivity contribution in [2.24, 2.45) is 0 Å². The van der Waals surface area contributed by atoms with E-state index in [0.29, 0.717) is 24.4 Å². The lowest BCUT2D eigenvalue weighted by Crippen LogP contribution is -2.29. The number of hydrogen-bond acceptors (Lipinski definition) is 4. The lowest BCUT2D eigenvalue weighted by atomic mass is 9.80. The van der Waals surface area contributed by atoms with E-state index in [2.05, 4.69) is 0 Å². The normalized spacial score (nSPS) is 10.3. The van der Waals surface area contributed by atoms with Gasteiger partial charge in [-0.2, -0.15) is 0 Å². The van der Waals surface area contributed by atoms with E-state index in [-0.39, 0.29) is 0 Å². The molecule has 110 valence electrons. The van der Waals surface area contributed by atoms with Gasteiger partial charge in [-0.3, -0.25) is 0 Å². The van der Waals surface area contributed by atoms with Crippen LogP contribution in [0.2, 0.25) is 0 Å². The van der Waals surface area contributed by atoms with Crippen molar-refractivity contribution < 1.29 is 19.5 Å². The van der Waals surface area contributed by atoms with Crippen molar-refractivity contribution in [2.75, 3.05) is 13.2 Å². The minimum absolute atomic E-state index is 0.388. The number of aryl methyl sites for hydroxylation is 2. The van der Waals surface area contributed by atoms with Gasteiger partial charge >= 0.3 is 7.12 Å². The molecule has 5 heteroatoms. The zero-order chi connectivity index (χ0) is 15.2. The van der Waals surface area contributed by atoms with Gasteiger partial charge < -0.3 is 19.5 Å². The van der Waals surface area contributed by atoms with Crippen molar-refractivity contribution in [1.29, 1.82) is 0 Å². The molecule has 0 atom stereocenters. The first kappa shape index (κ1) is 15.4. The highest BCUT2D eigenvalue weighted by Gasteiger charge is 2.11. The Hall–Kier alpha value is -1.98. The van der Waals surface area contributed by atoms with Gasteiger partial charge in [0, 0.05) is 0 Å². The summed E-state index contributed by atoms with van der Waals surface area (Å²) in [7, 11) is -1.49. The molecule has 4 nitrogen and oxygen atoms in total. The number of benzene rings is 2. The van der Waals surface area contributed by atoms with Gasteiger partial charge in [0.1, 0.15) is 24.7 Å². The van der Waals surface area contributed by atoms with Crippen LogP contribution in [0.3, 0.4) is 0 Å². The highest BCUT2D eigenvalue weighted by molar-refractivity contribution is 6.58. The standard InChI is InChI=1S/C16H19BO4/c1-12-5-3-6-13(2)16(12)21-10-9-20-15-8-4-7-14(11-15)17(18)19/h3-8,11,18-19H,9-10H2,1-2H3. The van der Waals surface area contributed by atoms with Crippen LogP contribution in [0.15, 0.2) is 42.5 Å². The van der Waals surface area contributed by atoms with E-state index < -0.39 is 7.12 Å². The Morgan fingerprint density at radius 2 is 1.52 bits per heavy atom. The highest BCUT2D eigenvalue weighted by atomic mass is 16.5. The molecule has 0 aliphatic carbocycles. The molecule has 0 fully saturated rings. The molecule has 0 unspecified atom stereocenters. The Bertz CT molecular complexity index is 578. The molecule has 2 rings (SSSR count). The fourth-order valence-corrected chi connectivity index (χ4v) is 2.10. The molecular weight excluding hydrogens is 267 g/mol.